The SMILES string of the molecule is CCN(CC)[C@@H](CNC(=O)C(C)(C)C)c1ccccc1. The van der Waals surface area contributed by atoms with Gasteiger partial charge in [-0.2, -0.15) is 0 Å². The van der Waals surface area contributed by atoms with Crippen LogP contribution in [-0.2, 0) is 4.79 Å². The van der Waals surface area contributed by atoms with Gasteiger partial charge in [-0.15, -0.1) is 0 Å². The molecule has 1 atom stereocenters. The molecule has 0 aromatic heterocycles. The van der Waals surface area contributed by atoms with Crippen LogP contribution in [0.1, 0.15) is 46.2 Å². The van der Waals surface area contributed by atoms with E-state index in [9.17, 15) is 4.79 Å². The Kier molecular flexibility index (Phi) is 6.21. The van der Waals surface area contributed by atoms with Crippen molar-refractivity contribution in [1.29, 1.82) is 0 Å². The molecule has 20 heavy (non-hydrogen) atoms. The van der Waals surface area contributed by atoms with E-state index in [0.29, 0.717) is 6.54 Å². The van der Waals surface area contributed by atoms with Crippen molar-refractivity contribution in [2.45, 2.75) is 40.7 Å². The molecule has 1 aromatic rings. The van der Waals surface area contributed by atoms with Gasteiger partial charge >= 0.3 is 0 Å². The number of likely N-dealkylation sites (N-methyl/N-ethyl adjacent to an activating group) is 1. The first-order valence-electron chi connectivity index (χ1n) is 7.47. The number of rotatable bonds is 6. The molecule has 0 heterocycles. The van der Waals surface area contributed by atoms with Crippen LogP contribution in [0, 0.1) is 5.41 Å². The summed E-state index contributed by atoms with van der Waals surface area (Å²) < 4.78 is 0. The zero-order chi connectivity index (χ0) is 15.2. The number of hydrogen-bond acceptors (Lipinski definition) is 2. The zero-order valence-electron chi connectivity index (χ0n) is 13.4. The predicted molar refractivity (Wildman–Crippen MR) is 84.6 cm³/mol. The maximum Gasteiger partial charge on any atom is 0.225 e. The normalized spacial score (nSPS) is 13.3. The molecule has 3 nitrogen and oxygen atoms in total. The first-order valence-corrected chi connectivity index (χ1v) is 7.47. The molecule has 112 valence electrons. The van der Waals surface area contributed by atoms with Crippen LogP contribution in [0.4, 0.5) is 0 Å². The molecule has 0 bridgehead atoms. The third-order valence-corrected chi connectivity index (χ3v) is 3.57. The van der Waals surface area contributed by atoms with Crippen molar-refractivity contribution in [3.63, 3.8) is 0 Å². The second kappa shape index (κ2) is 7.44. The molecule has 0 unspecified atom stereocenters. The quantitative estimate of drug-likeness (QED) is 0.865. The van der Waals surface area contributed by atoms with Crippen LogP contribution < -0.4 is 5.32 Å². The van der Waals surface area contributed by atoms with E-state index in [1.165, 1.54) is 5.56 Å². The Hall–Kier alpha value is -1.35. The van der Waals surface area contributed by atoms with E-state index in [4.69, 9.17) is 0 Å². The summed E-state index contributed by atoms with van der Waals surface area (Å²) in [6, 6.07) is 10.6. The van der Waals surface area contributed by atoms with Crippen LogP contribution in [0.5, 0.6) is 0 Å². The van der Waals surface area contributed by atoms with E-state index in [1.807, 2.05) is 26.8 Å². The summed E-state index contributed by atoms with van der Waals surface area (Å²) >= 11 is 0. The topological polar surface area (TPSA) is 32.3 Å². The second-order valence-corrected chi connectivity index (χ2v) is 6.11. The summed E-state index contributed by atoms with van der Waals surface area (Å²) in [6.45, 7) is 12.7. The highest BCUT2D eigenvalue weighted by Crippen LogP contribution is 2.20. The molecule has 1 rings (SSSR count). The molecule has 1 amide bonds. The number of nitrogens with one attached hydrogen (secondary N) is 1. The smallest absolute Gasteiger partial charge is 0.225 e. The molecule has 1 N–H and O–H groups in total. The Labute approximate surface area is 123 Å². The molecular weight excluding hydrogens is 248 g/mol. The van der Waals surface area contributed by atoms with E-state index < -0.39 is 0 Å². The fourth-order valence-electron chi connectivity index (χ4n) is 2.25. The van der Waals surface area contributed by atoms with Crippen molar-refractivity contribution in [2.24, 2.45) is 5.41 Å². The van der Waals surface area contributed by atoms with Crippen molar-refractivity contribution >= 4 is 5.91 Å². The molecule has 0 aliphatic heterocycles. The minimum atomic E-state index is -0.343. The van der Waals surface area contributed by atoms with E-state index >= 15 is 0 Å². The Morgan fingerprint density at radius 3 is 2.15 bits per heavy atom. The van der Waals surface area contributed by atoms with Crippen molar-refractivity contribution < 1.29 is 4.79 Å². The van der Waals surface area contributed by atoms with Gasteiger partial charge in [0.2, 0.25) is 5.91 Å². The highest BCUT2D eigenvalue weighted by atomic mass is 16.2. The Bertz CT molecular complexity index is 405. The third-order valence-electron chi connectivity index (χ3n) is 3.57. The van der Waals surface area contributed by atoms with Crippen LogP contribution in [0.25, 0.3) is 0 Å². The van der Waals surface area contributed by atoms with Gasteiger partial charge < -0.3 is 5.32 Å². The number of nitrogens with zero attached hydrogens (tertiary/aromatic N) is 1. The predicted octanol–water partition coefficient (Wildman–Crippen LogP) is 3.23. The highest BCUT2D eigenvalue weighted by molar-refractivity contribution is 5.81. The van der Waals surface area contributed by atoms with E-state index in [-0.39, 0.29) is 17.4 Å². The molecule has 0 spiro atoms. The van der Waals surface area contributed by atoms with Crippen molar-refractivity contribution in [3.8, 4) is 0 Å². The number of benzene rings is 1. The average molecular weight is 276 g/mol. The van der Waals surface area contributed by atoms with Gasteiger partial charge in [-0.1, -0.05) is 65.0 Å². The molecule has 0 radical (unpaired) electrons. The van der Waals surface area contributed by atoms with Crippen LogP contribution in [0.3, 0.4) is 0 Å². The Balaban J connectivity index is 2.82. The van der Waals surface area contributed by atoms with Gasteiger partial charge in [-0.05, 0) is 18.7 Å². The highest BCUT2D eigenvalue weighted by Gasteiger charge is 2.24. The maximum atomic E-state index is 12.1. The molecular formula is C17H28N2O. The summed E-state index contributed by atoms with van der Waals surface area (Å²) in [4.78, 5) is 14.4. The summed E-state index contributed by atoms with van der Waals surface area (Å²) in [7, 11) is 0. The lowest BCUT2D eigenvalue weighted by molar-refractivity contribution is -0.128. The first-order chi connectivity index (χ1) is 9.40. The zero-order valence-corrected chi connectivity index (χ0v) is 13.4. The molecule has 0 saturated carbocycles. The third kappa shape index (κ3) is 4.64. The van der Waals surface area contributed by atoms with Gasteiger partial charge in [0.25, 0.3) is 0 Å². The number of carbonyl (C=O) groups is 1. The molecule has 0 aliphatic carbocycles. The van der Waals surface area contributed by atoms with Crippen LogP contribution in [0.2, 0.25) is 0 Å². The van der Waals surface area contributed by atoms with Crippen LogP contribution >= 0.6 is 0 Å². The first kappa shape index (κ1) is 16.7. The van der Waals surface area contributed by atoms with Crippen molar-refractivity contribution in [3.05, 3.63) is 35.9 Å². The van der Waals surface area contributed by atoms with E-state index in [1.54, 1.807) is 0 Å². The Morgan fingerprint density at radius 2 is 1.70 bits per heavy atom. The van der Waals surface area contributed by atoms with Crippen molar-refractivity contribution in [1.82, 2.24) is 10.2 Å². The van der Waals surface area contributed by atoms with E-state index in [2.05, 4.69) is 48.3 Å². The van der Waals surface area contributed by atoms with Gasteiger partial charge in [0, 0.05) is 12.0 Å². The Morgan fingerprint density at radius 1 is 1.15 bits per heavy atom. The molecule has 0 aliphatic rings. The minimum absolute atomic E-state index is 0.102. The lowest BCUT2D eigenvalue weighted by Crippen LogP contribution is -2.41. The molecule has 3 heteroatoms. The molecule has 0 fully saturated rings. The van der Waals surface area contributed by atoms with Gasteiger partial charge in [-0.25, -0.2) is 0 Å². The number of carbonyl (C=O) groups excluding carboxylic acids is 1. The standard InChI is InChI=1S/C17H28N2O/c1-6-19(7-2)15(14-11-9-8-10-12-14)13-18-16(20)17(3,4)5/h8-12,15H,6-7,13H2,1-5H3,(H,18,20)/t15-/m0/s1. The average Bonchev–Trinajstić information content (AvgIpc) is 2.43. The van der Waals surface area contributed by atoms with Gasteiger partial charge in [0.15, 0.2) is 0 Å². The monoisotopic (exact) mass is 276 g/mol. The maximum absolute atomic E-state index is 12.1. The summed E-state index contributed by atoms with van der Waals surface area (Å²) in [5, 5.41) is 3.09. The summed E-state index contributed by atoms with van der Waals surface area (Å²) in [6.07, 6.45) is 0. The molecule has 0 saturated heterocycles. The second-order valence-electron chi connectivity index (χ2n) is 6.11. The number of hydrogen-bond donors (Lipinski definition) is 1. The largest absolute Gasteiger partial charge is 0.354 e. The van der Waals surface area contributed by atoms with Crippen LogP contribution in [0.15, 0.2) is 30.3 Å². The lowest BCUT2D eigenvalue weighted by atomic mass is 9.95. The van der Waals surface area contributed by atoms with Gasteiger partial charge in [0.1, 0.15) is 0 Å². The minimum Gasteiger partial charge on any atom is -0.354 e. The van der Waals surface area contributed by atoms with E-state index in [0.717, 1.165) is 13.1 Å². The summed E-state index contributed by atoms with van der Waals surface area (Å²) in [5.74, 6) is 0.102. The fraction of sp³-hybridized carbons (Fsp3) is 0.588. The van der Waals surface area contributed by atoms with Crippen molar-refractivity contribution in [2.75, 3.05) is 19.6 Å². The number of amides is 1. The molecule has 1 aromatic carbocycles. The fourth-order valence-corrected chi connectivity index (χ4v) is 2.25. The van der Waals surface area contributed by atoms with Gasteiger partial charge in [0.05, 0.1) is 6.04 Å². The summed E-state index contributed by atoms with van der Waals surface area (Å²) in [5.41, 5.74) is 0.912. The van der Waals surface area contributed by atoms with Gasteiger partial charge in [-0.3, -0.25) is 9.69 Å². The van der Waals surface area contributed by atoms with Crippen LogP contribution in [-0.4, -0.2) is 30.4 Å². The lowest BCUT2D eigenvalue weighted by Gasteiger charge is -2.31.